The van der Waals surface area contributed by atoms with E-state index in [-0.39, 0.29) is 11.8 Å². The molecule has 1 aromatic heterocycles. The van der Waals surface area contributed by atoms with Crippen molar-refractivity contribution in [3.05, 3.63) is 16.3 Å². The smallest absolute Gasteiger partial charge is 0.342 e. The zero-order valence-electron chi connectivity index (χ0n) is 14.3. The first kappa shape index (κ1) is 18.0. The number of rotatable bonds is 2. The number of alkyl halides is 3. The van der Waals surface area contributed by atoms with Gasteiger partial charge in [0.1, 0.15) is 0 Å². The monoisotopic (exact) mass is 360 g/mol. The molecule has 0 atom stereocenters. The van der Waals surface area contributed by atoms with E-state index in [2.05, 4.69) is 5.10 Å². The molecule has 140 valence electrons. The minimum absolute atomic E-state index is 0.0831. The van der Waals surface area contributed by atoms with Crippen LogP contribution in [0.4, 0.5) is 13.2 Å². The van der Waals surface area contributed by atoms with Crippen LogP contribution in [0.1, 0.15) is 56.8 Å². The van der Waals surface area contributed by atoms with Crippen molar-refractivity contribution in [3.63, 3.8) is 0 Å². The average Bonchev–Trinajstić information content (AvgIpc) is 2.91. The normalized spacial score (nSPS) is 20.9. The Morgan fingerprint density at radius 1 is 1.08 bits per heavy atom. The van der Waals surface area contributed by atoms with Crippen LogP contribution < -0.4 is 5.69 Å². The molecule has 9 heteroatoms. The van der Waals surface area contributed by atoms with E-state index in [1.54, 1.807) is 4.90 Å². The van der Waals surface area contributed by atoms with Gasteiger partial charge in [0.15, 0.2) is 0 Å². The summed E-state index contributed by atoms with van der Waals surface area (Å²) < 4.78 is 40.2. The molecule has 1 aliphatic heterocycles. The Bertz CT molecular complexity index is 681. The fraction of sp³-hybridized carbons (Fsp3) is 0.812. The number of amides is 1. The van der Waals surface area contributed by atoms with E-state index in [0.717, 1.165) is 37.4 Å². The molecule has 1 aliphatic carbocycles. The van der Waals surface area contributed by atoms with E-state index in [1.807, 2.05) is 0 Å². The number of hydrogen-bond donors (Lipinski definition) is 0. The Kier molecular flexibility index (Phi) is 4.92. The highest BCUT2D eigenvalue weighted by Crippen LogP contribution is 2.30. The fourth-order valence-corrected chi connectivity index (χ4v) is 3.88. The lowest BCUT2D eigenvalue weighted by Gasteiger charge is -2.34. The maximum absolute atomic E-state index is 12.9. The predicted molar refractivity (Wildman–Crippen MR) is 83.9 cm³/mol. The molecule has 0 spiro atoms. The van der Waals surface area contributed by atoms with Crippen molar-refractivity contribution >= 4 is 5.91 Å². The van der Waals surface area contributed by atoms with Gasteiger partial charge in [-0.2, -0.15) is 13.2 Å². The summed E-state index contributed by atoms with van der Waals surface area (Å²) in [6, 6.07) is -0.398. The van der Waals surface area contributed by atoms with Crippen molar-refractivity contribution in [2.45, 2.75) is 57.2 Å². The van der Waals surface area contributed by atoms with Crippen molar-refractivity contribution in [2.24, 2.45) is 13.0 Å². The maximum atomic E-state index is 12.9. The number of aromatic nitrogens is 3. The van der Waals surface area contributed by atoms with E-state index in [9.17, 15) is 22.8 Å². The second kappa shape index (κ2) is 6.84. The second-order valence-electron chi connectivity index (χ2n) is 7.00. The highest BCUT2D eigenvalue weighted by molar-refractivity contribution is 5.79. The van der Waals surface area contributed by atoms with Crippen molar-refractivity contribution in [2.75, 3.05) is 13.1 Å². The summed E-state index contributed by atoms with van der Waals surface area (Å²) in [4.78, 5) is 26.4. The molecule has 2 aliphatic rings. The first-order valence-electron chi connectivity index (χ1n) is 8.80. The molecule has 0 N–H and O–H groups in total. The molecular weight excluding hydrogens is 337 g/mol. The van der Waals surface area contributed by atoms with E-state index >= 15 is 0 Å². The SMILES string of the molecule is Cn1c(C(F)(F)F)nn(C2CCN(C(=O)C3CCCCC3)CC2)c1=O. The lowest BCUT2D eigenvalue weighted by Crippen LogP contribution is -2.44. The van der Waals surface area contributed by atoms with E-state index in [4.69, 9.17) is 0 Å². The van der Waals surface area contributed by atoms with Crippen LogP contribution in [0.5, 0.6) is 0 Å². The Morgan fingerprint density at radius 3 is 2.20 bits per heavy atom. The molecule has 25 heavy (non-hydrogen) atoms. The highest BCUT2D eigenvalue weighted by Gasteiger charge is 2.39. The first-order valence-corrected chi connectivity index (χ1v) is 8.80. The lowest BCUT2D eigenvalue weighted by molar-refractivity contribution is -0.147. The molecule has 1 aromatic rings. The summed E-state index contributed by atoms with van der Waals surface area (Å²) in [6.07, 6.45) is 1.43. The largest absolute Gasteiger partial charge is 0.451 e. The molecule has 1 saturated carbocycles. The van der Waals surface area contributed by atoms with Crippen LogP contribution >= 0.6 is 0 Å². The molecule has 0 unspecified atom stereocenters. The summed E-state index contributed by atoms with van der Waals surface area (Å²) in [5.74, 6) is -0.944. The van der Waals surface area contributed by atoms with Gasteiger partial charge in [-0.25, -0.2) is 9.48 Å². The molecule has 2 heterocycles. The summed E-state index contributed by atoms with van der Waals surface area (Å²) in [5, 5.41) is 3.50. The van der Waals surface area contributed by atoms with Crippen LogP contribution in [0, 0.1) is 5.92 Å². The Labute approximate surface area is 143 Å². The molecule has 0 bridgehead atoms. The lowest BCUT2D eigenvalue weighted by atomic mass is 9.87. The number of carbonyl (C=O) groups is 1. The standard InChI is InChI=1S/C16H23F3N4O2/c1-21-14(16(17,18)19)20-23(15(21)25)12-7-9-22(10-8-12)13(24)11-5-3-2-4-6-11/h11-12H,2-10H2,1H3. The van der Waals surface area contributed by atoms with Gasteiger partial charge in [0.05, 0.1) is 6.04 Å². The summed E-state index contributed by atoms with van der Waals surface area (Å²) in [5.41, 5.74) is -0.760. The van der Waals surface area contributed by atoms with Gasteiger partial charge in [0.2, 0.25) is 11.7 Å². The zero-order valence-corrected chi connectivity index (χ0v) is 14.3. The van der Waals surface area contributed by atoms with E-state index in [1.165, 1.54) is 6.42 Å². The van der Waals surface area contributed by atoms with Crippen LogP contribution in [0.15, 0.2) is 4.79 Å². The summed E-state index contributed by atoms with van der Waals surface area (Å²) >= 11 is 0. The molecule has 1 saturated heterocycles. The quantitative estimate of drug-likeness (QED) is 0.813. The summed E-state index contributed by atoms with van der Waals surface area (Å²) in [7, 11) is 1.08. The molecule has 3 rings (SSSR count). The third-order valence-corrected chi connectivity index (χ3v) is 5.33. The van der Waals surface area contributed by atoms with Gasteiger partial charge in [-0.05, 0) is 25.7 Å². The molecule has 0 radical (unpaired) electrons. The molecule has 2 fully saturated rings. The van der Waals surface area contributed by atoms with Crippen molar-refractivity contribution in [1.82, 2.24) is 19.2 Å². The van der Waals surface area contributed by atoms with Crippen LogP contribution in [0.25, 0.3) is 0 Å². The van der Waals surface area contributed by atoms with E-state index < -0.39 is 23.7 Å². The van der Waals surface area contributed by atoms with Gasteiger partial charge in [-0.1, -0.05) is 19.3 Å². The summed E-state index contributed by atoms with van der Waals surface area (Å²) in [6.45, 7) is 0.925. The van der Waals surface area contributed by atoms with Crippen molar-refractivity contribution in [3.8, 4) is 0 Å². The Balaban J connectivity index is 1.66. The van der Waals surface area contributed by atoms with Crippen LogP contribution in [0.3, 0.4) is 0 Å². The number of nitrogens with zero attached hydrogens (tertiary/aromatic N) is 4. The number of hydrogen-bond acceptors (Lipinski definition) is 3. The zero-order chi connectivity index (χ0) is 18.2. The highest BCUT2D eigenvalue weighted by atomic mass is 19.4. The van der Waals surface area contributed by atoms with Gasteiger partial charge in [0.25, 0.3) is 0 Å². The molecular formula is C16H23F3N4O2. The number of carbonyl (C=O) groups excluding carboxylic acids is 1. The van der Waals surface area contributed by atoms with Crippen molar-refractivity contribution in [1.29, 1.82) is 0 Å². The van der Waals surface area contributed by atoms with E-state index in [0.29, 0.717) is 30.5 Å². The van der Waals surface area contributed by atoms with Gasteiger partial charge < -0.3 is 4.90 Å². The first-order chi connectivity index (χ1) is 11.8. The van der Waals surface area contributed by atoms with Gasteiger partial charge in [-0.15, -0.1) is 5.10 Å². The third-order valence-electron chi connectivity index (χ3n) is 5.33. The Morgan fingerprint density at radius 2 is 1.68 bits per heavy atom. The second-order valence-corrected chi connectivity index (χ2v) is 7.00. The number of piperidine rings is 1. The van der Waals surface area contributed by atoms with Crippen molar-refractivity contribution < 1.29 is 18.0 Å². The third kappa shape index (κ3) is 3.59. The predicted octanol–water partition coefficient (Wildman–Crippen LogP) is 2.34. The maximum Gasteiger partial charge on any atom is 0.451 e. The van der Waals surface area contributed by atoms with Gasteiger partial charge in [-0.3, -0.25) is 9.36 Å². The Hall–Kier alpha value is -1.80. The number of halogens is 3. The average molecular weight is 360 g/mol. The molecule has 1 amide bonds. The molecule has 6 nitrogen and oxygen atoms in total. The number of likely N-dealkylation sites (tertiary alicyclic amines) is 1. The van der Waals surface area contributed by atoms with Crippen LogP contribution in [-0.2, 0) is 18.0 Å². The van der Waals surface area contributed by atoms with Crippen LogP contribution in [0.2, 0.25) is 0 Å². The topological polar surface area (TPSA) is 60.1 Å². The minimum atomic E-state index is -4.66. The fourth-order valence-electron chi connectivity index (χ4n) is 3.88. The minimum Gasteiger partial charge on any atom is -0.342 e. The van der Waals surface area contributed by atoms with Gasteiger partial charge >= 0.3 is 11.9 Å². The molecule has 0 aromatic carbocycles. The van der Waals surface area contributed by atoms with Gasteiger partial charge in [0, 0.05) is 26.1 Å². The van der Waals surface area contributed by atoms with Crippen LogP contribution in [-0.4, -0.2) is 38.2 Å².